The predicted molar refractivity (Wildman–Crippen MR) is 78.0 cm³/mol. The highest BCUT2D eigenvalue weighted by atomic mass is 32.2. The van der Waals surface area contributed by atoms with Crippen molar-refractivity contribution in [2.75, 3.05) is 12.4 Å². The summed E-state index contributed by atoms with van der Waals surface area (Å²) in [4.78, 5) is 11.2. The van der Waals surface area contributed by atoms with Crippen LogP contribution in [-0.2, 0) is 20.3 Å². The molecule has 1 amide bonds. The topological polar surface area (TPSA) is 98.2 Å². The molecule has 0 saturated carbocycles. The number of rotatable bonds is 4. The molecule has 1 heterocycles. The summed E-state index contributed by atoms with van der Waals surface area (Å²) in [6.45, 7) is 1.76. The number of anilines is 1. The third kappa shape index (κ3) is 3.99. The van der Waals surface area contributed by atoms with Crippen LogP contribution < -0.4 is 5.32 Å². The Hall–Kier alpha value is -2.00. The molecule has 0 aliphatic rings. The largest absolute Gasteiger partial charge is 0.453 e. The van der Waals surface area contributed by atoms with E-state index in [9.17, 15) is 13.2 Å². The highest BCUT2D eigenvalue weighted by Crippen LogP contribution is 2.20. The molecule has 1 aromatic carbocycles. The molecule has 9 heteroatoms. The summed E-state index contributed by atoms with van der Waals surface area (Å²) in [7, 11) is -2.24. The zero-order chi connectivity index (χ0) is 15.5. The van der Waals surface area contributed by atoms with Crippen LogP contribution in [-0.4, -0.2) is 31.8 Å². The van der Waals surface area contributed by atoms with Crippen molar-refractivity contribution >= 4 is 33.0 Å². The van der Waals surface area contributed by atoms with E-state index in [1.165, 1.54) is 42.7 Å². The van der Waals surface area contributed by atoms with Gasteiger partial charge in [-0.3, -0.25) is 5.32 Å². The van der Waals surface area contributed by atoms with Crippen LogP contribution in [0.25, 0.3) is 0 Å². The number of nitrogens with one attached hydrogen (secondary N) is 1. The van der Waals surface area contributed by atoms with Crippen molar-refractivity contribution < 1.29 is 17.9 Å². The Morgan fingerprint density at radius 2 is 1.95 bits per heavy atom. The Bertz CT molecular complexity index is 738. The molecule has 1 aromatic heterocycles. The molecule has 0 radical (unpaired) electrons. The van der Waals surface area contributed by atoms with E-state index in [0.717, 1.165) is 5.01 Å². The summed E-state index contributed by atoms with van der Waals surface area (Å²) < 4.78 is 28.9. The smallest absolute Gasteiger partial charge is 0.411 e. The number of nitrogens with zero attached hydrogens (tertiary/aromatic N) is 2. The highest BCUT2D eigenvalue weighted by Gasteiger charge is 2.18. The van der Waals surface area contributed by atoms with Gasteiger partial charge in [-0.15, -0.1) is 21.5 Å². The Morgan fingerprint density at radius 1 is 1.29 bits per heavy atom. The van der Waals surface area contributed by atoms with Gasteiger partial charge in [-0.2, -0.15) is 0 Å². The van der Waals surface area contributed by atoms with Crippen LogP contribution in [0.4, 0.5) is 10.5 Å². The molecule has 0 bridgehead atoms. The van der Waals surface area contributed by atoms with E-state index in [0.29, 0.717) is 10.7 Å². The second-order valence-electron chi connectivity index (χ2n) is 4.11. The molecule has 1 N–H and O–H groups in total. The molecule has 0 aliphatic heterocycles. The maximum absolute atomic E-state index is 12.2. The minimum absolute atomic E-state index is 0.158. The zero-order valence-corrected chi connectivity index (χ0v) is 13.0. The third-order valence-corrected chi connectivity index (χ3v) is 5.19. The van der Waals surface area contributed by atoms with E-state index < -0.39 is 15.9 Å². The number of hydrogen-bond donors (Lipinski definition) is 1. The summed E-state index contributed by atoms with van der Waals surface area (Å²) in [5.41, 5.74) is 0.451. The summed E-state index contributed by atoms with van der Waals surface area (Å²) >= 11 is 1.25. The molecule has 0 spiro atoms. The van der Waals surface area contributed by atoms with Gasteiger partial charge in [0.15, 0.2) is 9.84 Å². The lowest BCUT2D eigenvalue weighted by molar-refractivity contribution is 0.187. The van der Waals surface area contributed by atoms with E-state index in [2.05, 4.69) is 20.3 Å². The first kappa shape index (κ1) is 15.4. The van der Waals surface area contributed by atoms with Crippen LogP contribution in [0.15, 0.2) is 29.2 Å². The number of hydrogen-bond acceptors (Lipinski definition) is 7. The van der Waals surface area contributed by atoms with Gasteiger partial charge < -0.3 is 4.74 Å². The number of methoxy groups -OCH3 is 1. The average Bonchev–Trinajstić information content (AvgIpc) is 2.83. The van der Waals surface area contributed by atoms with E-state index >= 15 is 0 Å². The van der Waals surface area contributed by atoms with Gasteiger partial charge in [-0.05, 0) is 31.2 Å². The first-order valence-corrected chi connectivity index (χ1v) is 8.34. The average molecular weight is 327 g/mol. The van der Waals surface area contributed by atoms with Crippen LogP contribution in [0.2, 0.25) is 0 Å². The molecule has 2 aromatic rings. The molecule has 21 heavy (non-hydrogen) atoms. The van der Waals surface area contributed by atoms with Crippen LogP contribution in [0.3, 0.4) is 0 Å². The minimum Gasteiger partial charge on any atom is -0.453 e. The second-order valence-corrected chi connectivity index (χ2v) is 7.37. The highest BCUT2D eigenvalue weighted by molar-refractivity contribution is 7.90. The maximum atomic E-state index is 12.2. The fourth-order valence-electron chi connectivity index (χ4n) is 1.56. The molecule has 2 rings (SSSR count). The molecule has 0 aliphatic carbocycles. The lowest BCUT2D eigenvalue weighted by Crippen LogP contribution is -2.11. The lowest BCUT2D eigenvalue weighted by Gasteiger charge is -2.05. The van der Waals surface area contributed by atoms with E-state index in [4.69, 9.17) is 0 Å². The Morgan fingerprint density at radius 3 is 2.48 bits per heavy atom. The van der Waals surface area contributed by atoms with Crippen LogP contribution in [0, 0.1) is 6.92 Å². The third-order valence-electron chi connectivity index (χ3n) is 2.53. The van der Waals surface area contributed by atoms with Gasteiger partial charge in [0.2, 0.25) is 0 Å². The number of benzene rings is 1. The van der Waals surface area contributed by atoms with Crippen molar-refractivity contribution in [3.8, 4) is 0 Å². The van der Waals surface area contributed by atoms with Crippen LogP contribution in [0.5, 0.6) is 0 Å². The van der Waals surface area contributed by atoms with Gasteiger partial charge in [0.05, 0.1) is 12.0 Å². The number of sulfone groups is 1. The number of amides is 1. The van der Waals surface area contributed by atoms with Gasteiger partial charge in [0.1, 0.15) is 15.8 Å². The first-order chi connectivity index (χ1) is 9.90. The summed E-state index contributed by atoms with van der Waals surface area (Å²) in [5, 5.41) is 11.2. The second kappa shape index (κ2) is 6.19. The molecular formula is C12H13N3O4S2. The standard InChI is InChI=1S/C12H13N3O4S2/c1-8-14-15-11(20-8)7-21(17,18)10-5-3-9(4-6-10)13-12(16)19-2/h3-6H,7H2,1-2H3,(H,13,16). The first-order valence-electron chi connectivity index (χ1n) is 5.87. The fraction of sp³-hybridized carbons (Fsp3) is 0.250. The molecule has 112 valence electrons. The SMILES string of the molecule is COC(=O)Nc1ccc(S(=O)(=O)Cc2nnc(C)s2)cc1. The Kier molecular flexibility index (Phi) is 4.53. The van der Waals surface area contributed by atoms with Crippen molar-refractivity contribution in [3.63, 3.8) is 0 Å². The quantitative estimate of drug-likeness (QED) is 0.922. The predicted octanol–water partition coefficient (Wildman–Crippen LogP) is 2.00. The van der Waals surface area contributed by atoms with Gasteiger partial charge in [-0.25, -0.2) is 13.2 Å². The normalized spacial score (nSPS) is 11.1. The summed E-state index contributed by atoms with van der Waals surface area (Å²) in [6, 6.07) is 5.84. The molecular weight excluding hydrogens is 314 g/mol. The molecule has 7 nitrogen and oxygen atoms in total. The molecule has 0 atom stereocenters. The lowest BCUT2D eigenvalue weighted by atomic mass is 10.3. The summed E-state index contributed by atoms with van der Waals surface area (Å²) in [6.07, 6.45) is -0.616. The minimum atomic E-state index is -3.49. The maximum Gasteiger partial charge on any atom is 0.411 e. The molecule has 0 fully saturated rings. The Balaban J connectivity index is 2.15. The van der Waals surface area contributed by atoms with Gasteiger partial charge >= 0.3 is 6.09 Å². The molecule has 0 saturated heterocycles. The van der Waals surface area contributed by atoms with Crippen molar-refractivity contribution in [2.24, 2.45) is 0 Å². The van der Waals surface area contributed by atoms with Crippen molar-refractivity contribution in [1.82, 2.24) is 10.2 Å². The van der Waals surface area contributed by atoms with Gasteiger partial charge in [0, 0.05) is 5.69 Å². The monoisotopic (exact) mass is 327 g/mol. The number of carbonyl (C=O) groups excluding carboxylic acids is 1. The van der Waals surface area contributed by atoms with E-state index in [1.807, 2.05) is 0 Å². The van der Waals surface area contributed by atoms with Crippen molar-refractivity contribution in [1.29, 1.82) is 0 Å². The van der Waals surface area contributed by atoms with Gasteiger partial charge in [0.25, 0.3) is 0 Å². The number of aryl methyl sites for hydroxylation is 1. The van der Waals surface area contributed by atoms with Gasteiger partial charge in [-0.1, -0.05) is 0 Å². The fourth-order valence-corrected chi connectivity index (χ4v) is 3.86. The van der Waals surface area contributed by atoms with E-state index in [1.54, 1.807) is 6.92 Å². The van der Waals surface area contributed by atoms with Crippen LogP contribution in [0.1, 0.15) is 10.0 Å². The number of carbonyl (C=O) groups is 1. The molecule has 0 unspecified atom stereocenters. The summed E-state index contributed by atoms with van der Waals surface area (Å²) in [5.74, 6) is -0.192. The number of ether oxygens (including phenoxy) is 1. The van der Waals surface area contributed by atoms with E-state index in [-0.39, 0.29) is 10.6 Å². The zero-order valence-electron chi connectivity index (χ0n) is 11.4. The van der Waals surface area contributed by atoms with Crippen molar-refractivity contribution in [2.45, 2.75) is 17.6 Å². The number of aromatic nitrogens is 2. The van der Waals surface area contributed by atoms with Crippen molar-refractivity contribution in [3.05, 3.63) is 34.3 Å². The Labute approximate surface area is 125 Å². The van der Waals surface area contributed by atoms with Crippen LogP contribution >= 0.6 is 11.3 Å².